The van der Waals surface area contributed by atoms with Crippen LogP contribution >= 0.6 is 11.6 Å². The van der Waals surface area contributed by atoms with E-state index in [9.17, 15) is 9.59 Å². The van der Waals surface area contributed by atoms with Crippen LogP contribution in [0.3, 0.4) is 0 Å². The van der Waals surface area contributed by atoms with Crippen LogP contribution in [-0.2, 0) is 9.59 Å². The van der Waals surface area contributed by atoms with Crippen LogP contribution in [0.5, 0.6) is 0 Å². The van der Waals surface area contributed by atoms with Crippen LogP contribution in [0.15, 0.2) is 18.2 Å². The van der Waals surface area contributed by atoms with Gasteiger partial charge in [-0.3, -0.25) is 9.59 Å². The Morgan fingerprint density at radius 3 is 2.43 bits per heavy atom. The van der Waals surface area contributed by atoms with Crippen molar-refractivity contribution in [2.45, 2.75) is 52.9 Å². The van der Waals surface area contributed by atoms with Crippen LogP contribution in [-0.4, -0.2) is 42.9 Å². The molecule has 2 saturated heterocycles. The van der Waals surface area contributed by atoms with Gasteiger partial charge in [-0.25, -0.2) is 0 Å². The molecule has 5 nitrogen and oxygen atoms in total. The lowest BCUT2D eigenvalue weighted by atomic mass is 9.91. The van der Waals surface area contributed by atoms with Gasteiger partial charge >= 0.3 is 0 Å². The van der Waals surface area contributed by atoms with E-state index in [0.29, 0.717) is 11.6 Å². The number of carbonyl (C=O) groups is 2. The summed E-state index contributed by atoms with van der Waals surface area (Å²) in [6, 6.07) is 5.76. The lowest BCUT2D eigenvalue weighted by Gasteiger charge is -2.36. The van der Waals surface area contributed by atoms with Crippen molar-refractivity contribution < 1.29 is 9.59 Å². The van der Waals surface area contributed by atoms with E-state index in [-0.39, 0.29) is 17.7 Å². The normalized spacial score (nSPS) is 20.8. The third kappa shape index (κ3) is 4.99. The molecule has 1 aromatic rings. The summed E-state index contributed by atoms with van der Waals surface area (Å²) < 4.78 is 0. The number of halogens is 1. The van der Waals surface area contributed by atoms with Crippen LogP contribution in [0.2, 0.25) is 5.02 Å². The third-order valence-corrected chi connectivity index (χ3v) is 5.94. The first-order chi connectivity index (χ1) is 13.3. The molecule has 0 saturated carbocycles. The van der Waals surface area contributed by atoms with Gasteiger partial charge in [0.25, 0.3) is 0 Å². The molecule has 2 aliphatic rings. The summed E-state index contributed by atoms with van der Waals surface area (Å²) in [6.45, 7) is 9.05. The summed E-state index contributed by atoms with van der Waals surface area (Å²) >= 11 is 6.50. The molecule has 0 aromatic heterocycles. The van der Waals surface area contributed by atoms with E-state index in [2.05, 4.69) is 10.2 Å². The van der Waals surface area contributed by atoms with Crippen molar-refractivity contribution in [3.63, 3.8) is 0 Å². The third-order valence-electron chi connectivity index (χ3n) is 5.63. The number of rotatable bonds is 3. The van der Waals surface area contributed by atoms with Crippen molar-refractivity contribution in [1.82, 2.24) is 4.90 Å². The summed E-state index contributed by atoms with van der Waals surface area (Å²) in [4.78, 5) is 29.5. The van der Waals surface area contributed by atoms with E-state index in [0.717, 1.165) is 43.9 Å². The molecule has 2 amide bonds. The van der Waals surface area contributed by atoms with E-state index < -0.39 is 5.41 Å². The van der Waals surface area contributed by atoms with Gasteiger partial charge in [-0.2, -0.15) is 0 Å². The monoisotopic (exact) mass is 405 g/mol. The fourth-order valence-electron chi connectivity index (χ4n) is 4.07. The Hall–Kier alpha value is -1.75. The van der Waals surface area contributed by atoms with E-state index in [1.807, 2.05) is 43.9 Å². The van der Waals surface area contributed by atoms with Crippen LogP contribution in [0.1, 0.15) is 52.9 Å². The zero-order valence-electron chi connectivity index (χ0n) is 17.3. The van der Waals surface area contributed by atoms with Gasteiger partial charge in [0.05, 0.1) is 16.6 Å². The number of carbonyl (C=O) groups excluding carboxylic acids is 2. The van der Waals surface area contributed by atoms with E-state index in [1.54, 1.807) is 0 Å². The van der Waals surface area contributed by atoms with Crippen molar-refractivity contribution in [3.05, 3.63) is 23.2 Å². The summed E-state index contributed by atoms with van der Waals surface area (Å²) in [5, 5.41) is 3.67. The zero-order valence-corrected chi connectivity index (χ0v) is 18.0. The van der Waals surface area contributed by atoms with Gasteiger partial charge in [-0.1, -0.05) is 32.4 Å². The van der Waals surface area contributed by atoms with Gasteiger partial charge in [-0.15, -0.1) is 0 Å². The van der Waals surface area contributed by atoms with Gasteiger partial charge in [-0.05, 0) is 50.3 Å². The molecule has 1 N–H and O–H groups in total. The fourth-order valence-corrected chi connectivity index (χ4v) is 4.37. The van der Waals surface area contributed by atoms with Crippen molar-refractivity contribution in [2.75, 3.05) is 36.4 Å². The molecule has 0 bridgehead atoms. The number of hydrogen-bond donors (Lipinski definition) is 1. The average molecular weight is 406 g/mol. The number of nitrogens with one attached hydrogen (secondary N) is 1. The Morgan fingerprint density at radius 2 is 1.79 bits per heavy atom. The molecule has 0 radical (unpaired) electrons. The second-order valence-corrected chi connectivity index (χ2v) is 9.45. The minimum absolute atomic E-state index is 0.0341. The maximum atomic E-state index is 12.8. The molecule has 3 rings (SSSR count). The Labute approximate surface area is 173 Å². The van der Waals surface area contributed by atoms with Gasteiger partial charge in [0.2, 0.25) is 11.8 Å². The molecule has 1 unspecified atom stereocenters. The van der Waals surface area contributed by atoms with Gasteiger partial charge in [0.1, 0.15) is 0 Å². The maximum Gasteiger partial charge on any atom is 0.229 e. The molecule has 2 aliphatic heterocycles. The van der Waals surface area contributed by atoms with E-state index in [1.165, 1.54) is 19.3 Å². The topological polar surface area (TPSA) is 52.7 Å². The predicted octanol–water partition coefficient (Wildman–Crippen LogP) is 4.55. The van der Waals surface area contributed by atoms with Crippen LogP contribution < -0.4 is 10.2 Å². The van der Waals surface area contributed by atoms with Crippen molar-refractivity contribution in [2.24, 2.45) is 11.3 Å². The highest BCUT2D eigenvalue weighted by molar-refractivity contribution is 6.33. The summed E-state index contributed by atoms with van der Waals surface area (Å²) in [5.74, 6) is -0.104. The molecule has 1 aromatic carbocycles. The SMILES string of the molecule is CC(C)(C)C(=O)N1CCCC(C(=O)Nc2ccc(N3CCCCC3)c(Cl)c2)C1. The molecule has 154 valence electrons. The molecular weight excluding hydrogens is 374 g/mol. The van der Waals surface area contributed by atoms with Crippen molar-refractivity contribution >= 4 is 34.8 Å². The Morgan fingerprint density at radius 1 is 1.07 bits per heavy atom. The number of likely N-dealkylation sites (tertiary alicyclic amines) is 1. The zero-order chi connectivity index (χ0) is 20.3. The highest BCUT2D eigenvalue weighted by Gasteiger charge is 2.33. The smallest absolute Gasteiger partial charge is 0.229 e. The fraction of sp³-hybridized carbons (Fsp3) is 0.636. The van der Waals surface area contributed by atoms with Gasteiger partial charge < -0.3 is 15.1 Å². The van der Waals surface area contributed by atoms with Gasteiger partial charge in [0.15, 0.2) is 0 Å². The second kappa shape index (κ2) is 8.73. The summed E-state index contributed by atoms with van der Waals surface area (Å²) in [6.07, 6.45) is 5.33. The number of nitrogens with zero attached hydrogens (tertiary/aromatic N) is 2. The van der Waals surface area contributed by atoms with Crippen molar-refractivity contribution in [3.8, 4) is 0 Å². The molecular formula is C22H32ClN3O2. The molecule has 0 spiro atoms. The van der Waals surface area contributed by atoms with Crippen LogP contribution in [0.25, 0.3) is 0 Å². The Balaban J connectivity index is 1.62. The lowest BCUT2D eigenvalue weighted by molar-refractivity contribution is -0.142. The van der Waals surface area contributed by atoms with Crippen LogP contribution in [0, 0.1) is 11.3 Å². The molecule has 2 fully saturated rings. The number of hydrogen-bond acceptors (Lipinski definition) is 3. The first kappa shape index (κ1) is 21.0. The number of benzene rings is 1. The molecule has 0 aliphatic carbocycles. The highest BCUT2D eigenvalue weighted by Crippen LogP contribution is 2.31. The van der Waals surface area contributed by atoms with E-state index >= 15 is 0 Å². The number of anilines is 2. The van der Waals surface area contributed by atoms with Gasteiger partial charge in [0, 0.05) is 37.3 Å². The predicted molar refractivity (Wildman–Crippen MR) is 115 cm³/mol. The minimum atomic E-state index is -0.420. The first-order valence-electron chi connectivity index (χ1n) is 10.4. The van der Waals surface area contributed by atoms with Crippen LogP contribution in [0.4, 0.5) is 11.4 Å². The quantitative estimate of drug-likeness (QED) is 0.802. The maximum absolute atomic E-state index is 12.8. The first-order valence-corrected chi connectivity index (χ1v) is 10.8. The number of amides is 2. The molecule has 2 heterocycles. The average Bonchev–Trinajstić information content (AvgIpc) is 2.67. The number of piperidine rings is 2. The standard InChI is InChI=1S/C22H32ClN3O2/c1-22(2,3)21(28)26-13-7-8-16(15-26)20(27)24-17-9-10-19(18(23)14-17)25-11-5-4-6-12-25/h9-10,14,16H,4-8,11-13,15H2,1-3H3,(H,24,27). The lowest BCUT2D eigenvalue weighted by Crippen LogP contribution is -2.47. The minimum Gasteiger partial charge on any atom is -0.370 e. The highest BCUT2D eigenvalue weighted by atomic mass is 35.5. The van der Waals surface area contributed by atoms with E-state index in [4.69, 9.17) is 11.6 Å². The Kier molecular flexibility index (Phi) is 6.54. The summed E-state index contributed by atoms with van der Waals surface area (Å²) in [7, 11) is 0. The Bertz CT molecular complexity index is 723. The molecule has 1 atom stereocenters. The molecule has 6 heteroatoms. The largest absolute Gasteiger partial charge is 0.370 e. The van der Waals surface area contributed by atoms with Crippen molar-refractivity contribution in [1.29, 1.82) is 0 Å². The second-order valence-electron chi connectivity index (χ2n) is 9.04. The molecule has 28 heavy (non-hydrogen) atoms. The summed E-state index contributed by atoms with van der Waals surface area (Å²) in [5.41, 5.74) is 1.34.